The number of hydrogen-bond acceptors (Lipinski definition) is 6. The number of nitrogens with zero attached hydrogens (tertiary/aromatic N) is 2. The van der Waals surface area contributed by atoms with Crippen LogP contribution >= 0.6 is 22.7 Å². The second kappa shape index (κ2) is 8.39. The fourth-order valence-electron chi connectivity index (χ4n) is 4.29. The highest BCUT2D eigenvalue weighted by Crippen LogP contribution is 2.34. The summed E-state index contributed by atoms with van der Waals surface area (Å²) in [7, 11) is 0. The van der Waals surface area contributed by atoms with Gasteiger partial charge in [-0.15, -0.1) is 11.3 Å². The summed E-state index contributed by atoms with van der Waals surface area (Å²) in [5.74, 6) is 0.0182. The summed E-state index contributed by atoms with van der Waals surface area (Å²) in [5, 5.41) is 8.31. The summed E-state index contributed by atoms with van der Waals surface area (Å²) >= 11 is 3.15. The summed E-state index contributed by atoms with van der Waals surface area (Å²) in [5.41, 5.74) is 2.01. The molecule has 0 aromatic carbocycles. The predicted molar refractivity (Wildman–Crippen MR) is 111 cm³/mol. The number of amides is 1. The summed E-state index contributed by atoms with van der Waals surface area (Å²) < 4.78 is 5.55. The molecule has 3 heterocycles. The van der Waals surface area contributed by atoms with Crippen LogP contribution < -0.4 is 5.32 Å². The topological polar surface area (TPSA) is 54.5 Å². The van der Waals surface area contributed by atoms with Crippen LogP contribution in [0.2, 0.25) is 0 Å². The second-order valence-corrected chi connectivity index (χ2v) is 9.29. The van der Waals surface area contributed by atoms with E-state index in [0.717, 1.165) is 66.8 Å². The molecule has 2 aromatic rings. The Labute approximate surface area is 168 Å². The molecule has 4 rings (SSSR count). The Morgan fingerprint density at radius 1 is 1.30 bits per heavy atom. The first-order valence-corrected chi connectivity index (χ1v) is 11.5. The van der Waals surface area contributed by atoms with Gasteiger partial charge >= 0.3 is 0 Å². The molecule has 0 atom stereocenters. The number of carbonyl (C=O) groups is 1. The summed E-state index contributed by atoms with van der Waals surface area (Å²) in [4.78, 5) is 20.9. The van der Waals surface area contributed by atoms with E-state index < -0.39 is 0 Å². The van der Waals surface area contributed by atoms with E-state index in [1.165, 1.54) is 30.6 Å². The van der Waals surface area contributed by atoms with Crippen LogP contribution in [0.4, 0.5) is 0 Å². The summed E-state index contributed by atoms with van der Waals surface area (Å²) in [6.07, 6.45) is 6.12. The first kappa shape index (κ1) is 19.1. The zero-order chi connectivity index (χ0) is 18.7. The monoisotopic (exact) mass is 405 g/mol. The van der Waals surface area contributed by atoms with E-state index in [-0.39, 0.29) is 11.4 Å². The van der Waals surface area contributed by atoms with E-state index in [0.29, 0.717) is 0 Å². The number of morpholine rings is 1. The maximum absolute atomic E-state index is 12.9. The van der Waals surface area contributed by atoms with Gasteiger partial charge in [0.2, 0.25) is 0 Å². The van der Waals surface area contributed by atoms with Gasteiger partial charge in [0.1, 0.15) is 9.88 Å². The molecule has 7 heteroatoms. The molecule has 1 aliphatic heterocycles. The normalized spacial score (nSPS) is 20.5. The molecule has 1 saturated carbocycles. The molecule has 1 saturated heterocycles. The SMILES string of the molecule is Cc1nc(-c2ccsc2)sc1C(=O)NCC1(N2CCOCC2)CCCCC1. The molecular formula is C20H27N3O2S2. The van der Waals surface area contributed by atoms with Gasteiger partial charge in [-0.25, -0.2) is 4.98 Å². The van der Waals surface area contributed by atoms with Crippen LogP contribution in [0.15, 0.2) is 16.8 Å². The number of ether oxygens (including phenoxy) is 1. The van der Waals surface area contributed by atoms with E-state index in [2.05, 4.69) is 26.6 Å². The minimum Gasteiger partial charge on any atom is -0.379 e. The fraction of sp³-hybridized carbons (Fsp3) is 0.600. The first-order chi connectivity index (χ1) is 13.2. The predicted octanol–water partition coefficient (Wildman–Crippen LogP) is 3.94. The van der Waals surface area contributed by atoms with Gasteiger partial charge < -0.3 is 10.1 Å². The maximum atomic E-state index is 12.9. The number of aromatic nitrogens is 1. The van der Waals surface area contributed by atoms with E-state index in [4.69, 9.17) is 4.74 Å². The van der Waals surface area contributed by atoms with Crippen molar-refractivity contribution in [2.75, 3.05) is 32.8 Å². The standard InChI is InChI=1S/C20H27N3O2S2/c1-15-17(27-19(22-15)16-5-12-26-13-16)18(24)21-14-20(6-3-2-4-7-20)23-8-10-25-11-9-23/h5,12-13H,2-4,6-11,14H2,1H3,(H,21,24). The number of thiophene rings is 1. The third-order valence-electron chi connectivity index (χ3n) is 5.82. The minimum absolute atomic E-state index is 0.0182. The molecule has 0 bridgehead atoms. The van der Waals surface area contributed by atoms with Crippen molar-refractivity contribution in [2.24, 2.45) is 0 Å². The van der Waals surface area contributed by atoms with Crippen molar-refractivity contribution in [1.29, 1.82) is 0 Å². The van der Waals surface area contributed by atoms with Crippen LogP contribution in [0.25, 0.3) is 10.6 Å². The largest absolute Gasteiger partial charge is 0.379 e. The first-order valence-electron chi connectivity index (χ1n) is 9.79. The van der Waals surface area contributed by atoms with Gasteiger partial charge in [0, 0.05) is 36.1 Å². The van der Waals surface area contributed by atoms with Crippen LogP contribution in [-0.4, -0.2) is 54.2 Å². The van der Waals surface area contributed by atoms with E-state index in [9.17, 15) is 4.79 Å². The molecule has 1 N–H and O–H groups in total. The average molecular weight is 406 g/mol. The van der Waals surface area contributed by atoms with E-state index in [1.54, 1.807) is 11.3 Å². The fourth-order valence-corrected chi connectivity index (χ4v) is 5.99. The smallest absolute Gasteiger partial charge is 0.263 e. The third kappa shape index (κ3) is 4.11. The van der Waals surface area contributed by atoms with E-state index >= 15 is 0 Å². The van der Waals surface area contributed by atoms with Gasteiger partial charge in [0.05, 0.1) is 18.9 Å². The highest BCUT2D eigenvalue weighted by Gasteiger charge is 2.39. The Bertz CT molecular complexity index is 760. The Kier molecular flexibility index (Phi) is 5.92. The van der Waals surface area contributed by atoms with Crippen molar-refractivity contribution in [2.45, 2.75) is 44.6 Å². The lowest BCUT2D eigenvalue weighted by molar-refractivity contribution is -0.0361. The number of aryl methyl sites for hydroxylation is 1. The zero-order valence-corrected chi connectivity index (χ0v) is 17.5. The quantitative estimate of drug-likeness (QED) is 0.818. The number of rotatable bonds is 5. The molecule has 2 fully saturated rings. The summed E-state index contributed by atoms with van der Waals surface area (Å²) in [6.45, 7) is 6.19. The number of carbonyl (C=O) groups excluding carboxylic acids is 1. The number of thiazole rings is 1. The Morgan fingerprint density at radius 3 is 2.78 bits per heavy atom. The van der Waals surface area contributed by atoms with Crippen molar-refractivity contribution in [3.8, 4) is 10.6 Å². The molecule has 1 aliphatic carbocycles. The highest BCUT2D eigenvalue weighted by molar-refractivity contribution is 7.17. The Hall–Kier alpha value is -1.28. The van der Waals surface area contributed by atoms with Crippen LogP contribution in [0.5, 0.6) is 0 Å². The molecule has 5 nitrogen and oxygen atoms in total. The summed E-state index contributed by atoms with van der Waals surface area (Å²) in [6, 6.07) is 2.06. The van der Waals surface area contributed by atoms with Gasteiger partial charge in [-0.3, -0.25) is 9.69 Å². The molecule has 0 unspecified atom stereocenters. The average Bonchev–Trinajstić information content (AvgIpc) is 3.37. The molecule has 0 spiro atoms. The maximum Gasteiger partial charge on any atom is 0.263 e. The molecule has 27 heavy (non-hydrogen) atoms. The van der Waals surface area contributed by atoms with Gasteiger partial charge in [-0.1, -0.05) is 19.3 Å². The lowest BCUT2D eigenvalue weighted by Gasteiger charge is -2.48. The Balaban J connectivity index is 1.47. The molecule has 1 amide bonds. The molecule has 146 valence electrons. The Morgan fingerprint density at radius 2 is 2.07 bits per heavy atom. The molecule has 0 radical (unpaired) electrons. The minimum atomic E-state index is 0.0182. The molecular weight excluding hydrogens is 378 g/mol. The van der Waals surface area contributed by atoms with Crippen LogP contribution in [0.1, 0.15) is 47.5 Å². The van der Waals surface area contributed by atoms with Crippen molar-refractivity contribution < 1.29 is 9.53 Å². The van der Waals surface area contributed by atoms with Crippen molar-refractivity contribution >= 4 is 28.6 Å². The number of hydrogen-bond donors (Lipinski definition) is 1. The number of nitrogens with one attached hydrogen (secondary N) is 1. The highest BCUT2D eigenvalue weighted by atomic mass is 32.1. The third-order valence-corrected chi connectivity index (χ3v) is 7.70. The van der Waals surface area contributed by atoms with Crippen molar-refractivity contribution in [3.63, 3.8) is 0 Å². The van der Waals surface area contributed by atoms with Gasteiger partial charge in [0.25, 0.3) is 5.91 Å². The lowest BCUT2D eigenvalue weighted by atomic mass is 9.79. The second-order valence-electron chi connectivity index (χ2n) is 7.51. The van der Waals surface area contributed by atoms with Gasteiger partial charge in [0.15, 0.2) is 0 Å². The van der Waals surface area contributed by atoms with Crippen molar-refractivity contribution in [3.05, 3.63) is 27.4 Å². The van der Waals surface area contributed by atoms with Crippen LogP contribution in [0.3, 0.4) is 0 Å². The zero-order valence-electron chi connectivity index (χ0n) is 15.8. The molecule has 2 aliphatic rings. The van der Waals surface area contributed by atoms with Gasteiger partial charge in [-0.05, 0) is 31.2 Å². The molecule has 2 aromatic heterocycles. The van der Waals surface area contributed by atoms with Crippen LogP contribution in [-0.2, 0) is 4.74 Å². The van der Waals surface area contributed by atoms with Gasteiger partial charge in [-0.2, -0.15) is 11.3 Å². The van der Waals surface area contributed by atoms with E-state index in [1.807, 2.05) is 12.3 Å². The van der Waals surface area contributed by atoms with Crippen molar-refractivity contribution in [1.82, 2.24) is 15.2 Å². The van der Waals surface area contributed by atoms with Crippen LogP contribution in [0, 0.1) is 6.92 Å². The lowest BCUT2D eigenvalue weighted by Crippen LogP contribution is -2.59.